The monoisotopic (exact) mass is 638 g/mol. The summed E-state index contributed by atoms with van der Waals surface area (Å²) < 4.78 is 16.7. The summed E-state index contributed by atoms with van der Waals surface area (Å²) in [4.78, 5) is 4.73. The van der Waals surface area contributed by atoms with E-state index in [1.165, 1.54) is 46.3 Å². The van der Waals surface area contributed by atoms with Gasteiger partial charge in [-0.3, -0.25) is 4.57 Å². The van der Waals surface area contributed by atoms with E-state index in [2.05, 4.69) is 111 Å². The molecule has 0 unspecified atom stereocenters. The van der Waals surface area contributed by atoms with Crippen LogP contribution in [-0.4, -0.2) is 26.4 Å². The van der Waals surface area contributed by atoms with Gasteiger partial charge in [0.25, 0.3) is 0 Å². The van der Waals surface area contributed by atoms with Crippen LogP contribution in [0, 0.1) is 5.92 Å². The van der Waals surface area contributed by atoms with Gasteiger partial charge in [0.1, 0.15) is 23.1 Å². The lowest BCUT2D eigenvalue weighted by molar-refractivity contribution is 0.414. The number of allylic oxidation sites excluding steroid dienone is 2. The van der Waals surface area contributed by atoms with Gasteiger partial charge in [0.2, 0.25) is 0 Å². The number of methoxy groups -OCH3 is 1. The molecule has 0 radical (unpaired) electrons. The average molecular weight is 639 g/mol. The number of ether oxygens (including phenoxy) is 2. The summed E-state index contributed by atoms with van der Waals surface area (Å²) in [6.45, 7) is 11.4. The summed E-state index contributed by atoms with van der Waals surface area (Å²) in [5.74, 6) is 4.18. The van der Waals surface area contributed by atoms with Gasteiger partial charge in [-0.25, -0.2) is 9.67 Å². The maximum atomic E-state index is 6.75. The molecular weight excluding hydrogens is 592 g/mol. The summed E-state index contributed by atoms with van der Waals surface area (Å²) in [7, 11) is 1.68. The SMILES string of the molecule is CCCc1cc(Oc2ccc3c4ccccc4n(-c4cc(OC)ccn4)c3c2)cc(-n2nc(CC)c([C@@H]3C(C)=CCC[C@@H]3C)c2CC)c1. The zero-order chi connectivity index (χ0) is 33.4. The molecule has 6 heteroatoms. The average Bonchev–Trinajstić information content (AvgIpc) is 3.63. The lowest BCUT2D eigenvalue weighted by Gasteiger charge is -2.30. The molecule has 6 nitrogen and oxygen atoms in total. The Kier molecular flexibility index (Phi) is 8.83. The Bertz CT molecular complexity index is 2140. The minimum absolute atomic E-state index is 0.421. The van der Waals surface area contributed by atoms with Gasteiger partial charge in [0, 0.05) is 52.3 Å². The highest BCUT2D eigenvalue weighted by Crippen LogP contribution is 2.43. The highest BCUT2D eigenvalue weighted by molar-refractivity contribution is 6.09. The first kappa shape index (κ1) is 31.7. The fraction of sp³-hybridized carbons (Fsp3) is 0.333. The first-order valence-electron chi connectivity index (χ1n) is 17.6. The van der Waals surface area contributed by atoms with Crippen LogP contribution >= 0.6 is 0 Å². The number of pyridine rings is 1. The molecule has 2 atom stereocenters. The zero-order valence-corrected chi connectivity index (χ0v) is 29.1. The molecule has 3 aromatic heterocycles. The molecule has 48 heavy (non-hydrogen) atoms. The Morgan fingerprint density at radius 3 is 2.46 bits per heavy atom. The Hall–Kier alpha value is -4.84. The van der Waals surface area contributed by atoms with E-state index in [4.69, 9.17) is 19.6 Å². The van der Waals surface area contributed by atoms with Gasteiger partial charge in [0.15, 0.2) is 0 Å². The van der Waals surface area contributed by atoms with Crippen LogP contribution in [0.3, 0.4) is 0 Å². The van der Waals surface area contributed by atoms with E-state index < -0.39 is 0 Å². The van der Waals surface area contributed by atoms with E-state index >= 15 is 0 Å². The molecule has 1 aliphatic carbocycles. The summed E-state index contributed by atoms with van der Waals surface area (Å²) in [5, 5.41) is 7.62. The van der Waals surface area contributed by atoms with Crippen molar-refractivity contribution >= 4 is 21.8 Å². The highest BCUT2D eigenvalue weighted by Gasteiger charge is 2.31. The molecule has 6 aromatic rings. The van der Waals surface area contributed by atoms with Crippen LogP contribution in [-0.2, 0) is 19.3 Å². The summed E-state index contributed by atoms with van der Waals surface area (Å²) in [6, 6.07) is 25.3. The maximum absolute atomic E-state index is 6.75. The quantitative estimate of drug-likeness (QED) is 0.140. The second kappa shape index (κ2) is 13.3. The van der Waals surface area contributed by atoms with Crippen LogP contribution in [0.25, 0.3) is 33.3 Å². The van der Waals surface area contributed by atoms with Crippen LogP contribution in [0.5, 0.6) is 17.2 Å². The Morgan fingerprint density at radius 1 is 0.854 bits per heavy atom. The summed E-state index contributed by atoms with van der Waals surface area (Å²) in [5.41, 5.74) is 9.88. The third kappa shape index (κ3) is 5.67. The van der Waals surface area contributed by atoms with Gasteiger partial charge >= 0.3 is 0 Å². The van der Waals surface area contributed by atoms with Gasteiger partial charge < -0.3 is 9.47 Å². The predicted molar refractivity (Wildman–Crippen MR) is 196 cm³/mol. The minimum atomic E-state index is 0.421. The molecule has 0 aliphatic heterocycles. The second-order valence-corrected chi connectivity index (χ2v) is 13.2. The summed E-state index contributed by atoms with van der Waals surface area (Å²) in [6.07, 6.45) is 10.5. The molecule has 1 aliphatic rings. The molecule has 7 rings (SSSR count). The van der Waals surface area contributed by atoms with Crippen molar-refractivity contribution in [2.45, 2.75) is 79.1 Å². The van der Waals surface area contributed by atoms with E-state index in [1.807, 2.05) is 12.1 Å². The predicted octanol–water partition coefficient (Wildman–Crippen LogP) is 10.7. The number of aryl methyl sites for hydroxylation is 2. The van der Waals surface area contributed by atoms with Crippen LogP contribution in [0.2, 0.25) is 0 Å². The van der Waals surface area contributed by atoms with Crippen molar-refractivity contribution in [1.82, 2.24) is 19.3 Å². The third-order valence-corrected chi connectivity index (χ3v) is 10.0. The Balaban J connectivity index is 1.34. The van der Waals surface area contributed by atoms with Crippen LogP contribution < -0.4 is 9.47 Å². The standard InChI is InChI=1S/C42H46N4O2/c1-7-13-29-22-30(46-37(9-3)42(36(8-2)44-46)41-27(4)14-12-15-28(41)5)24-33(23-29)48-32-18-19-35-34-16-10-11-17-38(34)45(39(35)25-32)40-26-31(47-6)20-21-43-40/h10-11,14,16-26,28,41H,7-9,12-13,15H2,1-6H3/t28-,41+/m0/s1. The van der Waals surface area contributed by atoms with Crippen LogP contribution in [0.1, 0.15) is 82.3 Å². The number of hydrogen-bond donors (Lipinski definition) is 0. The number of rotatable bonds is 10. The Labute approximate surface area is 284 Å². The molecule has 0 saturated carbocycles. The van der Waals surface area contributed by atoms with Crippen molar-refractivity contribution in [3.8, 4) is 28.8 Å². The molecule has 0 bridgehead atoms. The fourth-order valence-corrected chi connectivity index (χ4v) is 7.82. The van der Waals surface area contributed by atoms with Crippen molar-refractivity contribution in [1.29, 1.82) is 0 Å². The zero-order valence-electron chi connectivity index (χ0n) is 29.1. The van der Waals surface area contributed by atoms with Gasteiger partial charge in [-0.15, -0.1) is 0 Å². The highest BCUT2D eigenvalue weighted by atomic mass is 16.5. The largest absolute Gasteiger partial charge is 0.497 e. The first-order valence-corrected chi connectivity index (χ1v) is 17.6. The normalized spacial score (nSPS) is 16.4. The number of benzene rings is 3. The Morgan fingerprint density at radius 2 is 1.69 bits per heavy atom. The van der Waals surface area contributed by atoms with Crippen LogP contribution in [0.4, 0.5) is 0 Å². The molecule has 3 heterocycles. The van der Waals surface area contributed by atoms with Gasteiger partial charge in [-0.1, -0.05) is 64.0 Å². The van der Waals surface area contributed by atoms with E-state index in [0.29, 0.717) is 11.8 Å². The fourth-order valence-electron chi connectivity index (χ4n) is 7.82. The minimum Gasteiger partial charge on any atom is -0.497 e. The van der Waals surface area contributed by atoms with Crippen LogP contribution in [0.15, 0.2) is 90.6 Å². The number of fused-ring (bicyclic) bond motifs is 3. The van der Waals surface area contributed by atoms with E-state index in [9.17, 15) is 0 Å². The molecule has 3 aromatic carbocycles. The topological polar surface area (TPSA) is 54.1 Å². The lowest BCUT2D eigenvalue weighted by Crippen LogP contribution is -2.17. The smallest absolute Gasteiger partial charge is 0.141 e. The van der Waals surface area contributed by atoms with Crippen molar-refractivity contribution in [3.05, 3.63) is 113 Å². The van der Waals surface area contributed by atoms with Gasteiger partial charge in [-0.05, 0) is 86.9 Å². The summed E-state index contributed by atoms with van der Waals surface area (Å²) >= 11 is 0. The molecule has 246 valence electrons. The number of aromatic nitrogens is 4. The van der Waals surface area contributed by atoms with Crippen molar-refractivity contribution in [2.75, 3.05) is 7.11 Å². The van der Waals surface area contributed by atoms with Gasteiger partial charge in [0.05, 0.1) is 29.5 Å². The number of para-hydroxylation sites is 1. The first-order chi connectivity index (χ1) is 23.4. The second-order valence-electron chi connectivity index (χ2n) is 13.2. The number of nitrogens with zero attached hydrogens (tertiary/aromatic N) is 4. The number of hydrogen-bond acceptors (Lipinski definition) is 4. The third-order valence-electron chi connectivity index (χ3n) is 10.0. The van der Waals surface area contributed by atoms with Gasteiger partial charge in [-0.2, -0.15) is 5.10 Å². The molecule has 0 amide bonds. The van der Waals surface area contributed by atoms with E-state index in [0.717, 1.165) is 70.9 Å². The van der Waals surface area contributed by atoms with Crippen molar-refractivity contribution in [3.63, 3.8) is 0 Å². The lowest BCUT2D eigenvalue weighted by atomic mass is 9.74. The molecule has 0 N–H and O–H groups in total. The van der Waals surface area contributed by atoms with E-state index in [-0.39, 0.29) is 0 Å². The molecule has 0 fully saturated rings. The van der Waals surface area contributed by atoms with E-state index in [1.54, 1.807) is 13.3 Å². The molecular formula is C42H46N4O2. The van der Waals surface area contributed by atoms with Crippen molar-refractivity contribution < 1.29 is 9.47 Å². The molecule has 0 spiro atoms. The van der Waals surface area contributed by atoms with Crippen molar-refractivity contribution in [2.24, 2.45) is 5.92 Å². The maximum Gasteiger partial charge on any atom is 0.141 e. The molecule has 0 saturated heterocycles.